The molecule has 5 rings (SSSR count). The van der Waals surface area contributed by atoms with E-state index in [0.717, 1.165) is 71.4 Å². The third-order valence-corrected chi connectivity index (χ3v) is 9.18. The van der Waals surface area contributed by atoms with Gasteiger partial charge in [0.15, 0.2) is 5.60 Å². The van der Waals surface area contributed by atoms with Crippen LogP contribution in [0.15, 0.2) is 54.6 Å². The highest BCUT2D eigenvalue weighted by Gasteiger charge is 2.51. The SMILES string of the molecule is CC(O)(c1ccc(C(=O)N(C2CC2)C2CCN(C3(C#N)CCC(c4ccccc4)CC3)CC2)cc1)C(F)(F)F. The molecular formula is C31H36F3N3O2. The molecule has 39 heavy (non-hydrogen) atoms. The summed E-state index contributed by atoms with van der Waals surface area (Å²) in [6.07, 6.45) is 2.24. The number of amides is 1. The van der Waals surface area contributed by atoms with Crippen LogP contribution >= 0.6 is 0 Å². The predicted octanol–water partition coefficient (Wildman–Crippen LogP) is 6.15. The Hall–Kier alpha value is -2.89. The van der Waals surface area contributed by atoms with Gasteiger partial charge in [-0.2, -0.15) is 18.4 Å². The summed E-state index contributed by atoms with van der Waals surface area (Å²) < 4.78 is 39.7. The molecule has 1 N–H and O–H groups in total. The molecule has 0 aromatic heterocycles. The maximum atomic E-state index is 13.5. The van der Waals surface area contributed by atoms with Crippen LogP contribution in [0.5, 0.6) is 0 Å². The van der Waals surface area contributed by atoms with Crippen molar-refractivity contribution in [2.24, 2.45) is 0 Å². The highest BCUT2D eigenvalue weighted by molar-refractivity contribution is 5.95. The molecule has 1 heterocycles. The Morgan fingerprint density at radius 2 is 1.51 bits per heavy atom. The number of aliphatic hydroxyl groups is 1. The number of piperidine rings is 1. The molecule has 5 nitrogen and oxygen atoms in total. The highest BCUT2D eigenvalue weighted by Crippen LogP contribution is 2.43. The molecule has 8 heteroatoms. The molecule has 1 saturated heterocycles. The van der Waals surface area contributed by atoms with Gasteiger partial charge in [-0.15, -0.1) is 0 Å². The minimum Gasteiger partial charge on any atom is -0.376 e. The van der Waals surface area contributed by atoms with E-state index in [1.165, 1.54) is 29.8 Å². The molecule has 0 bridgehead atoms. The molecule has 1 unspecified atom stereocenters. The molecule has 2 aliphatic carbocycles. The second-order valence-corrected chi connectivity index (χ2v) is 11.6. The number of benzene rings is 2. The molecule has 208 valence electrons. The third-order valence-electron chi connectivity index (χ3n) is 9.18. The Labute approximate surface area is 228 Å². The largest absolute Gasteiger partial charge is 0.421 e. The lowest BCUT2D eigenvalue weighted by Crippen LogP contribution is -2.56. The van der Waals surface area contributed by atoms with Crippen LogP contribution in [0.1, 0.15) is 85.7 Å². The molecule has 0 spiro atoms. The number of nitriles is 1. The zero-order chi connectivity index (χ0) is 27.8. The molecule has 2 aromatic rings. The summed E-state index contributed by atoms with van der Waals surface area (Å²) in [6.45, 7) is 2.21. The molecule has 1 aliphatic heterocycles. The quantitative estimate of drug-likeness (QED) is 0.479. The molecular weight excluding hydrogens is 503 g/mol. The van der Waals surface area contributed by atoms with Gasteiger partial charge in [0.05, 0.1) is 6.07 Å². The van der Waals surface area contributed by atoms with E-state index in [0.29, 0.717) is 11.5 Å². The zero-order valence-corrected chi connectivity index (χ0v) is 22.3. The van der Waals surface area contributed by atoms with Gasteiger partial charge in [0.1, 0.15) is 5.54 Å². The minimum atomic E-state index is -4.81. The number of likely N-dealkylation sites (tertiary alicyclic amines) is 1. The average Bonchev–Trinajstić information content (AvgIpc) is 3.79. The molecule has 3 aliphatic rings. The Morgan fingerprint density at radius 3 is 2.03 bits per heavy atom. The molecule has 0 radical (unpaired) electrons. The normalized spacial score (nSPS) is 26.4. The summed E-state index contributed by atoms with van der Waals surface area (Å²) in [5, 5.41) is 20.2. The molecule has 2 saturated carbocycles. The lowest BCUT2D eigenvalue weighted by atomic mass is 9.73. The van der Waals surface area contributed by atoms with E-state index >= 15 is 0 Å². The fourth-order valence-electron chi connectivity index (χ4n) is 6.46. The van der Waals surface area contributed by atoms with Crippen LogP contribution in [-0.2, 0) is 5.60 Å². The summed E-state index contributed by atoms with van der Waals surface area (Å²) in [6, 6.07) is 18.5. The monoisotopic (exact) mass is 539 g/mol. The second kappa shape index (κ2) is 10.6. The van der Waals surface area contributed by atoms with Crippen LogP contribution in [0.2, 0.25) is 0 Å². The predicted molar refractivity (Wildman–Crippen MR) is 142 cm³/mol. The van der Waals surface area contributed by atoms with Crippen LogP contribution in [0.3, 0.4) is 0 Å². The summed E-state index contributed by atoms with van der Waals surface area (Å²) >= 11 is 0. The van der Waals surface area contributed by atoms with E-state index in [9.17, 15) is 28.3 Å². The van der Waals surface area contributed by atoms with Gasteiger partial charge in [-0.25, -0.2) is 0 Å². The van der Waals surface area contributed by atoms with Gasteiger partial charge in [0, 0.05) is 30.7 Å². The highest BCUT2D eigenvalue weighted by atomic mass is 19.4. The van der Waals surface area contributed by atoms with E-state index in [1.54, 1.807) is 0 Å². The van der Waals surface area contributed by atoms with E-state index in [4.69, 9.17) is 0 Å². The van der Waals surface area contributed by atoms with Crippen molar-refractivity contribution in [3.8, 4) is 6.07 Å². The first-order valence-electron chi connectivity index (χ1n) is 14.0. The van der Waals surface area contributed by atoms with Crippen molar-refractivity contribution in [1.29, 1.82) is 5.26 Å². The van der Waals surface area contributed by atoms with Crippen molar-refractivity contribution in [2.75, 3.05) is 13.1 Å². The van der Waals surface area contributed by atoms with E-state index in [-0.39, 0.29) is 23.6 Å². The van der Waals surface area contributed by atoms with E-state index in [2.05, 4.69) is 35.2 Å². The maximum absolute atomic E-state index is 13.5. The van der Waals surface area contributed by atoms with Crippen LogP contribution < -0.4 is 0 Å². The van der Waals surface area contributed by atoms with Gasteiger partial charge >= 0.3 is 6.18 Å². The van der Waals surface area contributed by atoms with Crippen molar-refractivity contribution in [2.45, 2.75) is 93.6 Å². The van der Waals surface area contributed by atoms with Crippen LogP contribution in [0.25, 0.3) is 0 Å². The first-order valence-corrected chi connectivity index (χ1v) is 14.0. The third kappa shape index (κ3) is 5.44. The van der Waals surface area contributed by atoms with Crippen molar-refractivity contribution in [3.05, 3.63) is 71.3 Å². The number of hydrogen-bond acceptors (Lipinski definition) is 4. The van der Waals surface area contributed by atoms with Crippen LogP contribution in [-0.4, -0.2) is 57.7 Å². The van der Waals surface area contributed by atoms with Gasteiger partial charge in [0.25, 0.3) is 5.91 Å². The Morgan fingerprint density at radius 1 is 0.949 bits per heavy atom. The maximum Gasteiger partial charge on any atom is 0.421 e. The van der Waals surface area contributed by atoms with Gasteiger partial charge in [-0.05, 0) is 87.5 Å². The fourth-order valence-corrected chi connectivity index (χ4v) is 6.46. The Bertz CT molecular complexity index is 1190. The number of rotatable bonds is 6. The molecule has 2 aromatic carbocycles. The van der Waals surface area contributed by atoms with E-state index < -0.39 is 17.3 Å². The Balaban J connectivity index is 1.23. The number of carbonyl (C=O) groups is 1. The Kier molecular flexibility index (Phi) is 7.51. The lowest BCUT2D eigenvalue weighted by molar-refractivity contribution is -0.258. The first kappa shape index (κ1) is 27.7. The summed E-state index contributed by atoms with van der Waals surface area (Å²) in [7, 11) is 0. The smallest absolute Gasteiger partial charge is 0.376 e. The van der Waals surface area contributed by atoms with Crippen LogP contribution in [0.4, 0.5) is 13.2 Å². The van der Waals surface area contributed by atoms with Gasteiger partial charge < -0.3 is 10.0 Å². The molecule has 3 fully saturated rings. The van der Waals surface area contributed by atoms with Crippen molar-refractivity contribution in [1.82, 2.24) is 9.80 Å². The molecule has 1 atom stereocenters. The second-order valence-electron chi connectivity index (χ2n) is 11.6. The molecule has 1 amide bonds. The van der Waals surface area contributed by atoms with Gasteiger partial charge in [0.2, 0.25) is 0 Å². The van der Waals surface area contributed by atoms with Gasteiger partial charge in [-0.3, -0.25) is 9.69 Å². The minimum absolute atomic E-state index is 0.0376. The topological polar surface area (TPSA) is 67.6 Å². The van der Waals surface area contributed by atoms with Crippen molar-refractivity contribution < 1.29 is 23.1 Å². The number of nitrogens with zero attached hydrogens (tertiary/aromatic N) is 3. The zero-order valence-electron chi connectivity index (χ0n) is 22.3. The van der Waals surface area contributed by atoms with Gasteiger partial charge in [-0.1, -0.05) is 42.5 Å². The van der Waals surface area contributed by atoms with Crippen molar-refractivity contribution >= 4 is 5.91 Å². The summed E-state index contributed by atoms with van der Waals surface area (Å²) in [5.74, 6) is 0.312. The average molecular weight is 540 g/mol. The first-order chi connectivity index (χ1) is 18.6. The van der Waals surface area contributed by atoms with Crippen LogP contribution in [0, 0.1) is 11.3 Å². The lowest BCUT2D eigenvalue weighted by Gasteiger charge is -2.47. The number of halogens is 3. The summed E-state index contributed by atoms with van der Waals surface area (Å²) in [5.41, 5.74) is -2.05. The summed E-state index contributed by atoms with van der Waals surface area (Å²) in [4.78, 5) is 17.8. The van der Waals surface area contributed by atoms with E-state index in [1.807, 2.05) is 11.0 Å². The number of hydrogen-bond donors (Lipinski definition) is 1. The fraction of sp³-hybridized carbons (Fsp3) is 0.548. The number of carbonyl (C=O) groups excluding carboxylic acids is 1. The standard InChI is InChI=1S/C31H36F3N3O2/c1-29(39,31(32,33)34)25-9-7-24(8-10-25)28(38)37(26-11-12-26)27-15-19-36(20-16-27)30(21-35)17-13-23(14-18-30)22-5-3-2-4-6-22/h2-10,23,26-27,39H,11-20H2,1H3. The van der Waals surface area contributed by atoms with Crippen molar-refractivity contribution in [3.63, 3.8) is 0 Å². The number of alkyl halides is 3.